The monoisotopic (exact) mass is 287 g/mol. The molecule has 1 aromatic carbocycles. The minimum absolute atomic E-state index is 0.0192. The summed E-state index contributed by atoms with van der Waals surface area (Å²) in [6, 6.07) is 6.96. The average molecular weight is 288 g/mol. The van der Waals surface area contributed by atoms with Crippen molar-refractivity contribution in [1.29, 1.82) is 0 Å². The zero-order valence-electron chi connectivity index (χ0n) is 9.86. The summed E-state index contributed by atoms with van der Waals surface area (Å²) < 4.78 is 5.32. The second-order valence-corrected chi connectivity index (χ2v) is 5.40. The molecule has 3 nitrogen and oxygen atoms in total. The first-order valence-electron chi connectivity index (χ1n) is 5.94. The van der Waals surface area contributed by atoms with Gasteiger partial charge in [0.25, 0.3) is 5.91 Å². The van der Waals surface area contributed by atoms with Gasteiger partial charge < -0.3 is 10.1 Å². The van der Waals surface area contributed by atoms with E-state index in [1.807, 2.05) is 0 Å². The van der Waals surface area contributed by atoms with Gasteiger partial charge in [0.15, 0.2) is 6.61 Å². The molecular weight excluding hydrogens is 273 g/mol. The Morgan fingerprint density at radius 1 is 1.50 bits per heavy atom. The van der Waals surface area contributed by atoms with Crippen molar-refractivity contribution in [1.82, 2.24) is 5.32 Å². The lowest BCUT2D eigenvalue weighted by Gasteiger charge is -2.10. The Bertz CT molecular complexity index is 421. The molecule has 0 aromatic heterocycles. The molecule has 0 spiro atoms. The average Bonchev–Trinajstić information content (AvgIpc) is 3.17. The normalized spacial score (nSPS) is 16.1. The van der Waals surface area contributed by atoms with Gasteiger partial charge in [-0.25, -0.2) is 0 Å². The molecule has 1 fully saturated rings. The van der Waals surface area contributed by atoms with E-state index in [-0.39, 0.29) is 17.9 Å². The van der Waals surface area contributed by atoms with Crippen LogP contribution in [0.5, 0.6) is 5.75 Å². The Morgan fingerprint density at radius 3 is 2.94 bits per heavy atom. The van der Waals surface area contributed by atoms with Gasteiger partial charge in [-0.3, -0.25) is 4.79 Å². The first-order chi connectivity index (χ1) is 8.65. The van der Waals surface area contributed by atoms with Gasteiger partial charge in [0.2, 0.25) is 0 Å². The molecule has 5 heteroatoms. The van der Waals surface area contributed by atoms with Crippen LogP contribution >= 0.6 is 23.2 Å². The second kappa shape index (κ2) is 6.30. The lowest BCUT2D eigenvalue weighted by atomic mass is 10.3. The Morgan fingerprint density at radius 2 is 2.28 bits per heavy atom. The number of carbonyl (C=O) groups is 1. The fourth-order valence-electron chi connectivity index (χ4n) is 1.59. The molecule has 1 amide bonds. The molecule has 1 saturated carbocycles. The van der Waals surface area contributed by atoms with E-state index in [2.05, 4.69) is 5.32 Å². The molecule has 0 heterocycles. The highest BCUT2D eigenvalue weighted by atomic mass is 35.5. The number of hydrogen-bond donors (Lipinski definition) is 1. The second-order valence-electron chi connectivity index (χ2n) is 4.40. The molecule has 1 aromatic rings. The minimum atomic E-state index is -0.165. The Kier molecular flexibility index (Phi) is 4.72. The summed E-state index contributed by atoms with van der Waals surface area (Å²) in [5, 5.41) is 3.39. The quantitative estimate of drug-likeness (QED) is 0.817. The van der Waals surface area contributed by atoms with Crippen molar-refractivity contribution < 1.29 is 9.53 Å². The van der Waals surface area contributed by atoms with E-state index in [4.69, 9.17) is 27.9 Å². The van der Waals surface area contributed by atoms with Gasteiger partial charge in [-0.15, -0.1) is 11.6 Å². The number of alkyl halides is 1. The van der Waals surface area contributed by atoms with Gasteiger partial charge >= 0.3 is 0 Å². The molecule has 1 aliphatic rings. The van der Waals surface area contributed by atoms with E-state index in [1.165, 1.54) is 12.8 Å². The molecule has 2 rings (SSSR count). The smallest absolute Gasteiger partial charge is 0.257 e. The number of rotatable bonds is 6. The van der Waals surface area contributed by atoms with Crippen molar-refractivity contribution >= 4 is 29.1 Å². The van der Waals surface area contributed by atoms with Crippen LogP contribution in [-0.4, -0.2) is 24.4 Å². The molecule has 0 radical (unpaired) electrons. The van der Waals surface area contributed by atoms with E-state index in [0.29, 0.717) is 23.2 Å². The van der Waals surface area contributed by atoms with Crippen molar-refractivity contribution in [2.75, 3.05) is 13.2 Å². The number of nitrogens with one attached hydrogen (secondary N) is 1. The Hall–Kier alpha value is -0.930. The predicted molar refractivity (Wildman–Crippen MR) is 72.3 cm³/mol. The molecule has 1 atom stereocenters. The van der Waals surface area contributed by atoms with Gasteiger partial charge in [-0.1, -0.05) is 17.7 Å². The number of amides is 1. The molecule has 98 valence electrons. The lowest BCUT2D eigenvalue weighted by Crippen LogP contribution is -2.34. The van der Waals surface area contributed by atoms with E-state index in [0.717, 1.165) is 0 Å². The summed E-state index contributed by atoms with van der Waals surface area (Å²) in [4.78, 5) is 11.5. The van der Waals surface area contributed by atoms with Crippen molar-refractivity contribution in [2.45, 2.75) is 18.2 Å². The van der Waals surface area contributed by atoms with Crippen LogP contribution in [0.25, 0.3) is 0 Å². The summed E-state index contributed by atoms with van der Waals surface area (Å²) >= 11 is 11.9. The maximum absolute atomic E-state index is 11.5. The van der Waals surface area contributed by atoms with Crippen LogP contribution in [0.2, 0.25) is 5.02 Å². The maximum Gasteiger partial charge on any atom is 0.257 e. The van der Waals surface area contributed by atoms with E-state index >= 15 is 0 Å². The third kappa shape index (κ3) is 4.39. The van der Waals surface area contributed by atoms with Crippen LogP contribution in [0.3, 0.4) is 0 Å². The van der Waals surface area contributed by atoms with Crippen LogP contribution in [0.4, 0.5) is 0 Å². The Balaban J connectivity index is 1.67. The third-order valence-electron chi connectivity index (χ3n) is 2.79. The first-order valence-corrected chi connectivity index (χ1v) is 6.76. The summed E-state index contributed by atoms with van der Waals surface area (Å²) in [5.41, 5.74) is 0. The van der Waals surface area contributed by atoms with Crippen molar-refractivity contribution in [2.24, 2.45) is 5.92 Å². The fourth-order valence-corrected chi connectivity index (χ4v) is 2.10. The van der Waals surface area contributed by atoms with Crippen LogP contribution in [-0.2, 0) is 4.79 Å². The first kappa shape index (κ1) is 13.5. The van der Waals surface area contributed by atoms with Crippen LogP contribution < -0.4 is 10.1 Å². The van der Waals surface area contributed by atoms with Gasteiger partial charge in [0.1, 0.15) is 5.75 Å². The summed E-state index contributed by atoms with van der Waals surface area (Å²) in [6.45, 7) is 0.485. The van der Waals surface area contributed by atoms with Crippen LogP contribution in [0.15, 0.2) is 24.3 Å². The lowest BCUT2D eigenvalue weighted by molar-refractivity contribution is -0.123. The van der Waals surface area contributed by atoms with E-state index < -0.39 is 0 Å². The Labute approximate surface area is 116 Å². The molecular formula is C13H15Cl2NO2. The topological polar surface area (TPSA) is 38.3 Å². The van der Waals surface area contributed by atoms with Gasteiger partial charge in [-0.2, -0.15) is 0 Å². The van der Waals surface area contributed by atoms with E-state index in [9.17, 15) is 4.79 Å². The largest absolute Gasteiger partial charge is 0.484 e. The van der Waals surface area contributed by atoms with Gasteiger partial charge in [-0.05, 0) is 37.0 Å². The molecule has 0 bridgehead atoms. The number of ether oxygens (including phenoxy) is 1. The summed E-state index contributed by atoms with van der Waals surface area (Å²) in [6.07, 6.45) is 2.34. The summed E-state index contributed by atoms with van der Waals surface area (Å²) in [7, 11) is 0. The molecule has 18 heavy (non-hydrogen) atoms. The zero-order chi connectivity index (χ0) is 13.0. The number of carbonyl (C=O) groups excluding carboxylic acids is 1. The van der Waals surface area contributed by atoms with Crippen LogP contribution in [0.1, 0.15) is 12.8 Å². The van der Waals surface area contributed by atoms with Crippen molar-refractivity contribution in [3.8, 4) is 5.75 Å². The third-order valence-corrected chi connectivity index (χ3v) is 3.54. The minimum Gasteiger partial charge on any atom is -0.484 e. The maximum atomic E-state index is 11.5. The van der Waals surface area contributed by atoms with Crippen molar-refractivity contribution in [3.05, 3.63) is 29.3 Å². The van der Waals surface area contributed by atoms with Crippen LogP contribution in [0, 0.1) is 5.92 Å². The highest BCUT2D eigenvalue weighted by molar-refractivity contribution is 6.30. The zero-order valence-corrected chi connectivity index (χ0v) is 11.4. The van der Waals surface area contributed by atoms with Crippen molar-refractivity contribution in [3.63, 3.8) is 0 Å². The standard InChI is InChI=1S/C13H15Cl2NO2/c14-10-2-1-3-11(6-10)18-8-13(17)16-7-12(15)9-4-5-9/h1-3,6,9,12H,4-5,7-8H2,(H,16,17). The molecule has 0 saturated heterocycles. The summed E-state index contributed by atoms with van der Waals surface area (Å²) in [5.74, 6) is 0.990. The fraction of sp³-hybridized carbons (Fsp3) is 0.462. The SMILES string of the molecule is O=C(COc1cccc(Cl)c1)NCC(Cl)C1CC1. The van der Waals surface area contributed by atoms with Gasteiger partial charge in [0.05, 0.1) is 5.38 Å². The molecule has 1 N–H and O–H groups in total. The number of halogens is 2. The van der Waals surface area contributed by atoms with Gasteiger partial charge in [0, 0.05) is 11.6 Å². The predicted octanol–water partition coefficient (Wildman–Crippen LogP) is 2.85. The highest BCUT2D eigenvalue weighted by Gasteiger charge is 2.29. The number of hydrogen-bond acceptors (Lipinski definition) is 2. The molecule has 0 aliphatic heterocycles. The number of benzene rings is 1. The molecule has 1 aliphatic carbocycles. The molecule has 1 unspecified atom stereocenters. The highest BCUT2D eigenvalue weighted by Crippen LogP contribution is 2.35. The van der Waals surface area contributed by atoms with E-state index in [1.54, 1.807) is 24.3 Å².